The maximum atomic E-state index is 12.1. The average Bonchev–Trinajstić information content (AvgIpc) is 2.15. The molecule has 1 fully saturated rings. The molecule has 2 unspecified atom stereocenters. The van der Waals surface area contributed by atoms with Gasteiger partial charge < -0.3 is 11.1 Å². The Kier molecular flexibility index (Phi) is 4.59. The fourth-order valence-corrected chi connectivity index (χ4v) is 2.53. The molecule has 0 radical (unpaired) electrons. The summed E-state index contributed by atoms with van der Waals surface area (Å²) in [6.45, 7) is 9.46. The molecule has 17 heavy (non-hydrogen) atoms. The van der Waals surface area contributed by atoms with Crippen LogP contribution < -0.4 is 11.1 Å². The molecule has 0 saturated heterocycles. The molecular formula is C14H28N2O. The first kappa shape index (κ1) is 14.5. The Morgan fingerprint density at radius 2 is 2.12 bits per heavy atom. The highest BCUT2D eigenvalue weighted by atomic mass is 16.2. The summed E-state index contributed by atoms with van der Waals surface area (Å²) < 4.78 is 0. The summed E-state index contributed by atoms with van der Waals surface area (Å²) in [5.41, 5.74) is 5.87. The summed E-state index contributed by atoms with van der Waals surface area (Å²) in [6.07, 6.45) is 4.93. The molecule has 0 spiro atoms. The number of carbonyl (C=O) groups is 1. The quantitative estimate of drug-likeness (QED) is 0.796. The molecule has 2 atom stereocenters. The Balaban J connectivity index is 2.41. The van der Waals surface area contributed by atoms with Crippen LogP contribution in [0.1, 0.15) is 59.8 Å². The van der Waals surface area contributed by atoms with Crippen LogP contribution in [0.5, 0.6) is 0 Å². The molecule has 1 amide bonds. The number of carbonyl (C=O) groups excluding carboxylic acids is 1. The second-order valence-electron chi connectivity index (χ2n) is 6.92. The van der Waals surface area contributed by atoms with Gasteiger partial charge in [-0.1, -0.05) is 40.5 Å². The van der Waals surface area contributed by atoms with E-state index in [1.165, 1.54) is 6.42 Å². The largest absolute Gasteiger partial charge is 0.354 e. The number of hydrogen-bond donors (Lipinski definition) is 2. The highest BCUT2D eigenvalue weighted by molar-refractivity contribution is 5.86. The topological polar surface area (TPSA) is 55.1 Å². The van der Waals surface area contributed by atoms with Crippen LogP contribution in [0.2, 0.25) is 0 Å². The van der Waals surface area contributed by atoms with E-state index in [9.17, 15) is 4.79 Å². The third-order valence-corrected chi connectivity index (χ3v) is 3.65. The minimum absolute atomic E-state index is 0.0494. The number of nitrogens with one attached hydrogen (secondary N) is 1. The van der Waals surface area contributed by atoms with Crippen molar-refractivity contribution in [3.8, 4) is 0 Å². The average molecular weight is 240 g/mol. The van der Waals surface area contributed by atoms with Crippen molar-refractivity contribution >= 4 is 5.91 Å². The number of hydrogen-bond acceptors (Lipinski definition) is 2. The molecule has 0 aromatic carbocycles. The van der Waals surface area contributed by atoms with Gasteiger partial charge in [0.25, 0.3) is 0 Å². The highest BCUT2D eigenvalue weighted by Crippen LogP contribution is 2.30. The van der Waals surface area contributed by atoms with E-state index in [0.717, 1.165) is 32.2 Å². The summed E-state index contributed by atoms with van der Waals surface area (Å²) in [5, 5.41) is 3.01. The fraction of sp³-hybridized carbons (Fsp3) is 0.929. The predicted molar refractivity (Wildman–Crippen MR) is 71.6 cm³/mol. The molecule has 1 rings (SSSR count). The van der Waals surface area contributed by atoms with E-state index in [-0.39, 0.29) is 11.3 Å². The Morgan fingerprint density at radius 3 is 2.65 bits per heavy atom. The number of nitrogens with two attached hydrogens (primary N) is 1. The van der Waals surface area contributed by atoms with Crippen LogP contribution >= 0.6 is 0 Å². The van der Waals surface area contributed by atoms with Crippen LogP contribution in [0.15, 0.2) is 0 Å². The molecule has 3 heteroatoms. The molecule has 3 nitrogen and oxygen atoms in total. The molecule has 100 valence electrons. The standard InChI is InChI=1S/C14H28N2O/c1-11-6-5-7-14(15,10-11)12(17)16-9-8-13(2,3)4/h11H,5-10,15H2,1-4H3,(H,16,17). The van der Waals surface area contributed by atoms with Gasteiger partial charge in [0, 0.05) is 6.54 Å². The van der Waals surface area contributed by atoms with E-state index in [4.69, 9.17) is 5.73 Å². The van der Waals surface area contributed by atoms with Gasteiger partial charge in [0.1, 0.15) is 0 Å². The Labute approximate surface area is 106 Å². The number of rotatable bonds is 3. The highest BCUT2D eigenvalue weighted by Gasteiger charge is 2.37. The lowest BCUT2D eigenvalue weighted by Crippen LogP contribution is -2.56. The second kappa shape index (κ2) is 5.38. The third-order valence-electron chi connectivity index (χ3n) is 3.65. The molecule has 1 aliphatic carbocycles. The van der Waals surface area contributed by atoms with Gasteiger partial charge in [-0.25, -0.2) is 0 Å². The fourth-order valence-electron chi connectivity index (χ4n) is 2.53. The van der Waals surface area contributed by atoms with Crippen LogP contribution in [0.25, 0.3) is 0 Å². The summed E-state index contributed by atoms with van der Waals surface area (Å²) in [7, 11) is 0. The third kappa shape index (κ3) is 4.66. The van der Waals surface area contributed by atoms with Crippen molar-refractivity contribution in [1.29, 1.82) is 0 Å². The van der Waals surface area contributed by atoms with Crippen molar-refractivity contribution < 1.29 is 4.79 Å². The Hall–Kier alpha value is -0.570. The SMILES string of the molecule is CC1CCCC(N)(C(=O)NCCC(C)(C)C)C1. The Bertz CT molecular complexity index is 270. The van der Waals surface area contributed by atoms with E-state index in [2.05, 4.69) is 33.0 Å². The van der Waals surface area contributed by atoms with Gasteiger partial charge in [-0.3, -0.25) is 4.79 Å². The molecule has 0 aromatic heterocycles. The summed E-state index contributed by atoms with van der Waals surface area (Å²) >= 11 is 0. The molecule has 3 N–H and O–H groups in total. The summed E-state index contributed by atoms with van der Waals surface area (Å²) in [5.74, 6) is 0.621. The van der Waals surface area contributed by atoms with Gasteiger partial charge in [-0.05, 0) is 30.6 Å². The lowest BCUT2D eigenvalue weighted by atomic mass is 9.76. The smallest absolute Gasteiger partial charge is 0.240 e. The lowest BCUT2D eigenvalue weighted by molar-refractivity contribution is -0.128. The first-order chi connectivity index (χ1) is 7.73. The van der Waals surface area contributed by atoms with E-state index in [1.54, 1.807) is 0 Å². The molecule has 0 heterocycles. The van der Waals surface area contributed by atoms with E-state index >= 15 is 0 Å². The van der Waals surface area contributed by atoms with Gasteiger partial charge in [0.2, 0.25) is 5.91 Å². The maximum absolute atomic E-state index is 12.1. The van der Waals surface area contributed by atoms with Crippen molar-refractivity contribution in [1.82, 2.24) is 5.32 Å². The van der Waals surface area contributed by atoms with Crippen molar-refractivity contribution in [2.24, 2.45) is 17.1 Å². The zero-order valence-electron chi connectivity index (χ0n) is 11.8. The first-order valence-corrected chi connectivity index (χ1v) is 6.80. The molecule has 0 aromatic rings. The van der Waals surface area contributed by atoms with Gasteiger partial charge >= 0.3 is 0 Å². The van der Waals surface area contributed by atoms with Gasteiger partial charge in [-0.15, -0.1) is 0 Å². The van der Waals surface area contributed by atoms with Gasteiger partial charge in [0.15, 0.2) is 0 Å². The van der Waals surface area contributed by atoms with Gasteiger partial charge in [-0.2, -0.15) is 0 Å². The normalized spacial score (nSPS) is 30.1. The molecule has 1 saturated carbocycles. The number of amides is 1. The van der Waals surface area contributed by atoms with Crippen LogP contribution in [-0.2, 0) is 4.79 Å². The minimum atomic E-state index is -0.616. The van der Waals surface area contributed by atoms with Crippen LogP contribution in [0, 0.1) is 11.3 Å². The van der Waals surface area contributed by atoms with Crippen LogP contribution in [-0.4, -0.2) is 18.0 Å². The van der Waals surface area contributed by atoms with Crippen molar-refractivity contribution in [2.75, 3.05) is 6.54 Å². The second-order valence-corrected chi connectivity index (χ2v) is 6.92. The molecule has 0 bridgehead atoms. The zero-order chi connectivity index (χ0) is 13.1. The van der Waals surface area contributed by atoms with E-state index in [1.807, 2.05) is 0 Å². The van der Waals surface area contributed by atoms with E-state index < -0.39 is 5.54 Å². The lowest BCUT2D eigenvalue weighted by Gasteiger charge is -2.35. The monoisotopic (exact) mass is 240 g/mol. The molecular weight excluding hydrogens is 212 g/mol. The summed E-state index contributed by atoms with van der Waals surface area (Å²) in [4.78, 5) is 12.1. The van der Waals surface area contributed by atoms with Crippen LogP contribution in [0.4, 0.5) is 0 Å². The minimum Gasteiger partial charge on any atom is -0.354 e. The van der Waals surface area contributed by atoms with E-state index in [0.29, 0.717) is 5.92 Å². The maximum Gasteiger partial charge on any atom is 0.240 e. The van der Waals surface area contributed by atoms with Crippen LogP contribution in [0.3, 0.4) is 0 Å². The first-order valence-electron chi connectivity index (χ1n) is 6.80. The predicted octanol–water partition coefficient (Wildman–Crippen LogP) is 2.45. The molecule has 1 aliphatic rings. The van der Waals surface area contributed by atoms with Crippen molar-refractivity contribution in [3.05, 3.63) is 0 Å². The van der Waals surface area contributed by atoms with Crippen molar-refractivity contribution in [2.45, 2.75) is 65.3 Å². The van der Waals surface area contributed by atoms with Gasteiger partial charge in [0.05, 0.1) is 5.54 Å². The molecule has 0 aliphatic heterocycles. The summed E-state index contributed by atoms with van der Waals surface area (Å²) in [6, 6.07) is 0. The van der Waals surface area contributed by atoms with Crippen molar-refractivity contribution in [3.63, 3.8) is 0 Å². The Morgan fingerprint density at radius 1 is 1.47 bits per heavy atom. The zero-order valence-corrected chi connectivity index (χ0v) is 11.8.